The summed E-state index contributed by atoms with van der Waals surface area (Å²) in [7, 11) is 0. The molecule has 0 aliphatic carbocycles. The maximum absolute atomic E-state index is 13.9. The summed E-state index contributed by atoms with van der Waals surface area (Å²) in [6.45, 7) is 3.30. The molecule has 126 valence electrons. The van der Waals surface area contributed by atoms with Crippen molar-refractivity contribution < 1.29 is 18.7 Å². The quantitative estimate of drug-likeness (QED) is 0.773. The number of carbonyl (C=O) groups is 2. The number of halogens is 1. The van der Waals surface area contributed by atoms with Gasteiger partial charge < -0.3 is 9.64 Å². The van der Waals surface area contributed by atoms with E-state index in [1.54, 1.807) is 29.7 Å². The van der Waals surface area contributed by atoms with E-state index in [4.69, 9.17) is 4.74 Å². The van der Waals surface area contributed by atoms with Gasteiger partial charge in [-0.3, -0.25) is 9.59 Å². The maximum atomic E-state index is 13.9. The molecule has 0 radical (unpaired) electrons. The van der Waals surface area contributed by atoms with Crippen molar-refractivity contribution >= 4 is 23.6 Å². The fraction of sp³-hybridized carbons (Fsp3) is 0.529. The highest BCUT2D eigenvalue weighted by atomic mass is 32.2. The zero-order chi connectivity index (χ0) is 16.7. The Morgan fingerprint density at radius 1 is 1.30 bits per heavy atom. The van der Waals surface area contributed by atoms with Crippen molar-refractivity contribution in [3.8, 4) is 0 Å². The molecule has 0 N–H and O–H groups in total. The van der Waals surface area contributed by atoms with Crippen molar-refractivity contribution in [3.05, 3.63) is 35.6 Å². The fourth-order valence-electron chi connectivity index (χ4n) is 2.60. The second kappa shape index (κ2) is 8.91. The summed E-state index contributed by atoms with van der Waals surface area (Å²) in [5.74, 6) is 0.207. The Balaban J connectivity index is 1.87. The van der Waals surface area contributed by atoms with E-state index in [0.29, 0.717) is 25.3 Å². The molecule has 1 aliphatic heterocycles. The number of carbonyl (C=O) groups excluding carboxylic acids is 2. The number of hydrogen-bond donors (Lipinski definition) is 0. The lowest BCUT2D eigenvalue weighted by Crippen LogP contribution is -2.33. The summed E-state index contributed by atoms with van der Waals surface area (Å²) in [5, 5.41) is 0.0686. The van der Waals surface area contributed by atoms with Gasteiger partial charge in [0.25, 0.3) is 0 Å². The SMILES string of the molecule is CCOC(=O)CCC(=O)N1CCSC(c2ccccc2F)CC1. The number of nitrogens with zero attached hydrogens (tertiary/aromatic N) is 1. The van der Waals surface area contributed by atoms with Gasteiger partial charge in [0.1, 0.15) is 5.82 Å². The van der Waals surface area contributed by atoms with E-state index >= 15 is 0 Å². The molecule has 4 nitrogen and oxygen atoms in total. The normalized spacial score (nSPS) is 18.3. The van der Waals surface area contributed by atoms with Crippen LogP contribution in [0, 0.1) is 5.82 Å². The van der Waals surface area contributed by atoms with Crippen molar-refractivity contribution in [2.45, 2.75) is 31.4 Å². The monoisotopic (exact) mass is 339 g/mol. The van der Waals surface area contributed by atoms with Gasteiger partial charge in [0.15, 0.2) is 0 Å². The molecule has 2 rings (SSSR count). The third-order valence-electron chi connectivity index (χ3n) is 3.79. The van der Waals surface area contributed by atoms with Crippen LogP contribution in [0.25, 0.3) is 0 Å². The molecule has 0 bridgehead atoms. The Kier molecular flexibility index (Phi) is 6.89. The smallest absolute Gasteiger partial charge is 0.306 e. The molecule has 6 heteroatoms. The number of ether oxygens (including phenoxy) is 1. The van der Waals surface area contributed by atoms with Gasteiger partial charge in [-0.1, -0.05) is 18.2 Å². The summed E-state index contributed by atoms with van der Waals surface area (Å²) < 4.78 is 18.7. The van der Waals surface area contributed by atoms with Crippen LogP contribution in [0.3, 0.4) is 0 Å². The standard InChI is InChI=1S/C17H22FNO3S/c1-2-22-17(21)8-7-16(20)19-10-9-15(23-12-11-19)13-5-3-4-6-14(13)18/h3-6,15H,2,7-12H2,1H3. The number of benzene rings is 1. The van der Waals surface area contributed by atoms with E-state index in [1.165, 1.54) is 6.07 Å². The minimum Gasteiger partial charge on any atom is -0.466 e. The van der Waals surface area contributed by atoms with Gasteiger partial charge in [-0.2, -0.15) is 11.8 Å². The fourth-order valence-corrected chi connectivity index (χ4v) is 3.86. The molecule has 1 saturated heterocycles. The summed E-state index contributed by atoms with van der Waals surface area (Å²) in [6, 6.07) is 6.81. The van der Waals surface area contributed by atoms with Crippen LogP contribution in [0.1, 0.15) is 37.0 Å². The van der Waals surface area contributed by atoms with Crippen molar-refractivity contribution in [2.24, 2.45) is 0 Å². The lowest BCUT2D eigenvalue weighted by atomic mass is 10.1. The Morgan fingerprint density at radius 2 is 2.09 bits per heavy atom. The zero-order valence-electron chi connectivity index (χ0n) is 13.3. The number of hydrogen-bond acceptors (Lipinski definition) is 4. The summed E-state index contributed by atoms with van der Waals surface area (Å²) in [5.41, 5.74) is 0.707. The summed E-state index contributed by atoms with van der Waals surface area (Å²) in [6.07, 6.45) is 1.01. The Hall–Kier alpha value is -1.56. The van der Waals surface area contributed by atoms with E-state index < -0.39 is 0 Å². The van der Waals surface area contributed by atoms with Crippen LogP contribution in [0.15, 0.2) is 24.3 Å². The lowest BCUT2D eigenvalue weighted by Gasteiger charge is -2.20. The van der Waals surface area contributed by atoms with Crippen molar-refractivity contribution in [1.82, 2.24) is 4.90 Å². The average molecular weight is 339 g/mol. The molecular formula is C17H22FNO3S. The molecule has 1 aromatic carbocycles. The Labute approximate surface area is 140 Å². The third kappa shape index (κ3) is 5.23. The minimum absolute atomic E-state index is 0.0344. The molecule has 23 heavy (non-hydrogen) atoms. The van der Waals surface area contributed by atoms with E-state index in [1.807, 2.05) is 12.1 Å². The zero-order valence-corrected chi connectivity index (χ0v) is 14.1. The van der Waals surface area contributed by atoms with Crippen LogP contribution < -0.4 is 0 Å². The second-order valence-corrected chi connectivity index (χ2v) is 6.67. The number of thioether (sulfide) groups is 1. The van der Waals surface area contributed by atoms with Gasteiger partial charge in [-0.15, -0.1) is 0 Å². The maximum Gasteiger partial charge on any atom is 0.306 e. The van der Waals surface area contributed by atoms with Gasteiger partial charge in [0.05, 0.1) is 13.0 Å². The van der Waals surface area contributed by atoms with Crippen LogP contribution in [0.4, 0.5) is 4.39 Å². The molecule has 0 aromatic heterocycles. The van der Waals surface area contributed by atoms with Crippen LogP contribution in [0.2, 0.25) is 0 Å². The minimum atomic E-state index is -0.339. The number of rotatable bonds is 5. The second-order valence-electron chi connectivity index (χ2n) is 5.36. The van der Waals surface area contributed by atoms with E-state index in [-0.39, 0.29) is 35.8 Å². The van der Waals surface area contributed by atoms with Crippen molar-refractivity contribution in [3.63, 3.8) is 0 Å². The van der Waals surface area contributed by atoms with Gasteiger partial charge in [-0.05, 0) is 19.4 Å². The van der Waals surface area contributed by atoms with Gasteiger partial charge in [0.2, 0.25) is 5.91 Å². The first-order valence-electron chi connectivity index (χ1n) is 7.91. The topological polar surface area (TPSA) is 46.6 Å². The molecule has 1 fully saturated rings. The first kappa shape index (κ1) is 17.8. The third-order valence-corrected chi connectivity index (χ3v) is 5.10. The van der Waals surface area contributed by atoms with Gasteiger partial charge in [0, 0.05) is 36.1 Å². The Bertz CT molecular complexity index is 552. The van der Waals surface area contributed by atoms with Gasteiger partial charge >= 0.3 is 5.97 Å². The molecule has 1 heterocycles. The van der Waals surface area contributed by atoms with Crippen molar-refractivity contribution in [2.75, 3.05) is 25.4 Å². The number of esters is 1. The molecule has 0 saturated carbocycles. The van der Waals surface area contributed by atoms with Gasteiger partial charge in [-0.25, -0.2) is 4.39 Å². The molecule has 1 aromatic rings. The van der Waals surface area contributed by atoms with Crippen LogP contribution >= 0.6 is 11.8 Å². The van der Waals surface area contributed by atoms with Crippen molar-refractivity contribution in [1.29, 1.82) is 0 Å². The van der Waals surface area contributed by atoms with Crippen LogP contribution in [-0.2, 0) is 14.3 Å². The molecule has 1 amide bonds. The van der Waals surface area contributed by atoms with E-state index in [9.17, 15) is 14.0 Å². The molecule has 1 unspecified atom stereocenters. The first-order chi connectivity index (χ1) is 11.1. The average Bonchev–Trinajstić information content (AvgIpc) is 2.79. The predicted octanol–water partition coefficient (Wildman–Crippen LogP) is 3.18. The molecular weight excluding hydrogens is 317 g/mol. The van der Waals surface area contributed by atoms with Crippen LogP contribution in [0.5, 0.6) is 0 Å². The molecule has 0 spiro atoms. The summed E-state index contributed by atoms with van der Waals surface area (Å²) >= 11 is 1.68. The van der Waals surface area contributed by atoms with E-state index in [2.05, 4.69) is 0 Å². The highest BCUT2D eigenvalue weighted by molar-refractivity contribution is 7.99. The van der Waals surface area contributed by atoms with E-state index in [0.717, 1.165) is 12.2 Å². The first-order valence-corrected chi connectivity index (χ1v) is 8.96. The molecule has 1 aliphatic rings. The predicted molar refractivity (Wildman–Crippen MR) is 88.7 cm³/mol. The molecule has 1 atom stereocenters. The summed E-state index contributed by atoms with van der Waals surface area (Å²) in [4.78, 5) is 25.3. The lowest BCUT2D eigenvalue weighted by molar-refractivity contribution is -0.145. The number of amides is 1. The Morgan fingerprint density at radius 3 is 2.83 bits per heavy atom. The largest absolute Gasteiger partial charge is 0.466 e. The highest BCUT2D eigenvalue weighted by Crippen LogP contribution is 2.35. The van der Waals surface area contributed by atoms with Crippen LogP contribution in [-0.4, -0.2) is 42.2 Å². The highest BCUT2D eigenvalue weighted by Gasteiger charge is 2.23.